The molecule has 5 rings (SSSR count). The maximum atomic E-state index is 13.3. The van der Waals surface area contributed by atoms with Crippen LogP contribution < -0.4 is 4.74 Å². The van der Waals surface area contributed by atoms with E-state index in [1.165, 1.54) is 0 Å². The number of hydrogen-bond donors (Lipinski definition) is 2. The van der Waals surface area contributed by atoms with Crippen molar-refractivity contribution >= 4 is 23.7 Å². The Morgan fingerprint density at radius 1 is 1.11 bits per heavy atom. The van der Waals surface area contributed by atoms with Gasteiger partial charge >= 0.3 is 17.9 Å². The van der Waals surface area contributed by atoms with Crippen molar-refractivity contribution in [3.63, 3.8) is 0 Å². The molecule has 37 heavy (non-hydrogen) atoms. The van der Waals surface area contributed by atoms with Crippen molar-refractivity contribution in [2.24, 2.45) is 0 Å². The van der Waals surface area contributed by atoms with E-state index in [0.29, 0.717) is 24.9 Å². The number of ether oxygens (including phenoxy) is 4. The first-order valence-corrected chi connectivity index (χ1v) is 12.1. The van der Waals surface area contributed by atoms with Crippen molar-refractivity contribution < 1.29 is 48.3 Å². The van der Waals surface area contributed by atoms with E-state index in [9.17, 15) is 29.4 Å². The summed E-state index contributed by atoms with van der Waals surface area (Å²) in [5.74, 6) is -3.35. The summed E-state index contributed by atoms with van der Waals surface area (Å²) in [6.07, 6.45) is -1.78. The Morgan fingerprint density at radius 2 is 1.78 bits per heavy atom. The zero-order chi connectivity index (χ0) is 26.9. The number of carbonyl (C=O) groups is 4. The number of aromatic hydroxyl groups is 1. The molecule has 0 amide bonds. The molecule has 11 heteroatoms. The average molecular weight is 516 g/mol. The Kier molecular flexibility index (Phi) is 5.83. The smallest absolute Gasteiger partial charge is 0.357 e. The molecule has 0 aromatic heterocycles. The number of nitrogens with zero attached hydrogens (tertiary/aromatic N) is 1. The first-order valence-electron chi connectivity index (χ1n) is 12.1. The summed E-state index contributed by atoms with van der Waals surface area (Å²) in [5.41, 5.74) is -0.609. The van der Waals surface area contributed by atoms with E-state index in [4.69, 9.17) is 18.9 Å². The van der Waals surface area contributed by atoms with Gasteiger partial charge in [0.25, 0.3) is 0 Å². The largest absolute Gasteiger partial charge is 0.504 e. The molecule has 2 N–H and O–H groups in total. The molecule has 0 saturated carbocycles. The van der Waals surface area contributed by atoms with Crippen LogP contribution in [0.15, 0.2) is 24.0 Å². The van der Waals surface area contributed by atoms with Crippen molar-refractivity contribution in [2.75, 3.05) is 13.6 Å². The van der Waals surface area contributed by atoms with Gasteiger partial charge in [-0.05, 0) is 51.1 Å². The van der Waals surface area contributed by atoms with E-state index in [1.54, 1.807) is 12.1 Å². The third-order valence-corrected chi connectivity index (χ3v) is 8.07. The number of piperidine rings is 1. The quantitative estimate of drug-likeness (QED) is 0.407. The van der Waals surface area contributed by atoms with Crippen LogP contribution >= 0.6 is 0 Å². The van der Waals surface area contributed by atoms with E-state index < -0.39 is 53.0 Å². The number of aliphatic hydroxyl groups is 1. The molecule has 1 aromatic rings. The molecule has 1 saturated heterocycles. The fourth-order valence-electron chi connectivity index (χ4n) is 6.56. The average Bonchev–Trinajstić information content (AvgIpc) is 3.17. The highest BCUT2D eigenvalue weighted by Crippen LogP contribution is 2.65. The predicted molar refractivity (Wildman–Crippen MR) is 124 cm³/mol. The van der Waals surface area contributed by atoms with Gasteiger partial charge in [-0.3, -0.25) is 14.4 Å². The number of hydrogen-bond acceptors (Lipinski definition) is 11. The van der Waals surface area contributed by atoms with Gasteiger partial charge in [-0.25, -0.2) is 4.79 Å². The third-order valence-electron chi connectivity index (χ3n) is 8.07. The second-order valence-corrected chi connectivity index (χ2v) is 10.2. The molecule has 4 aliphatic rings. The molecule has 2 bridgehead atoms. The number of phenolic OH excluding ortho intramolecular Hbond substituents is 1. The summed E-state index contributed by atoms with van der Waals surface area (Å²) in [6, 6.07) is 3.14. The molecule has 11 nitrogen and oxygen atoms in total. The summed E-state index contributed by atoms with van der Waals surface area (Å²) in [6.45, 7) is 3.84. The van der Waals surface area contributed by atoms with E-state index >= 15 is 0 Å². The molecular formula is C26H29NO10. The fraction of sp³-hybridized carbons (Fsp3) is 0.538. The molecule has 198 valence electrons. The highest BCUT2D eigenvalue weighted by molar-refractivity contribution is 5.91. The molecule has 1 aromatic carbocycles. The van der Waals surface area contributed by atoms with E-state index in [2.05, 4.69) is 4.90 Å². The van der Waals surface area contributed by atoms with Gasteiger partial charge < -0.3 is 34.1 Å². The van der Waals surface area contributed by atoms with E-state index in [-0.39, 0.29) is 29.7 Å². The number of Topliss-reactive ketones (excluding diaryl/α,β-unsaturated/α-hetero) is 1. The predicted octanol–water partition coefficient (Wildman–Crippen LogP) is 0.665. The fourth-order valence-corrected chi connectivity index (χ4v) is 6.56. The number of esters is 3. The first kappa shape index (κ1) is 25.2. The summed E-state index contributed by atoms with van der Waals surface area (Å²) in [7, 11) is 1.95. The van der Waals surface area contributed by atoms with Gasteiger partial charge in [0, 0.05) is 31.9 Å². The zero-order valence-corrected chi connectivity index (χ0v) is 21.0. The van der Waals surface area contributed by atoms with Gasteiger partial charge in [0.05, 0.1) is 11.0 Å². The number of rotatable bonds is 6. The summed E-state index contributed by atoms with van der Waals surface area (Å²) in [5, 5.41) is 22.8. The van der Waals surface area contributed by atoms with Crippen LogP contribution in [-0.4, -0.2) is 82.4 Å². The Morgan fingerprint density at radius 3 is 2.43 bits per heavy atom. The molecule has 2 aliphatic heterocycles. The molecule has 0 radical (unpaired) electrons. The number of carbonyl (C=O) groups excluding carboxylic acids is 4. The lowest BCUT2D eigenvalue weighted by Gasteiger charge is -2.61. The third kappa shape index (κ3) is 3.55. The van der Waals surface area contributed by atoms with Crippen LogP contribution in [0, 0.1) is 0 Å². The van der Waals surface area contributed by atoms with Crippen LogP contribution in [0.2, 0.25) is 0 Å². The zero-order valence-electron chi connectivity index (χ0n) is 21.0. The maximum Gasteiger partial charge on any atom is 0.357 e. The minimum Gasteiger partial charge on any atom is -0.504 e. The van der Waals surface area contributed by atoms with Crippen LogP contribution in [0.3, 0.4) is 0 Å². The first-order chi connectivity index (χ1) is 17.4. The molecule has 1 spiro atoms. The highest BCUT2D eigenvalue weighted by atomic mass is 16.6. The van der Waals surface area contributed by atoms with Crippen LogP contribution in [-0.2, 0) is 45.2 Å². The second-order valence-electron chi connectivity index (χ2n) is 10.2. The highest BCUT2D eigenvalue weighted by Gasteiger charge is 2.72. The van der Waals surface area contributed by atoms with Crippen LogP contribution in [0.5, 0.6) is 11.5 Å². The van der Waals surface area contributed by atoms with Gasteiger partial charge in [-0.2, -0.15) is 0 Å². The Balaban J connectivity index is 1.55. The van der Waals surface area contributed by atoms with Gasteiger partial charge in [0.15, 0.2) is 23.4 Å². The lowest BCUT2D eigenvalue weighted by molar-refractivity contribution is -0.185. The Bertz CT molecular complexity index is 1240. The van der Waals surface area contributed by atoms with Crippen LogP contribution in [0.1, 0.15) is 44.7 Å². The van der Waals surface area contributed by atoms with Crippen LogP contribution in [0.25, 0.3) is 0 Å². The van der Waals surface area contributed by atoms with Crippen LogP contribution in [0.4, 0.5) is 0 Å². The molecule has 2 heterocycles. The van der Waals surface area contributed by atoms with Crippen molar-refractivity contribution in [1.82, 2.24) is 4.90 Å². The minimum atomic E-state index is -1.84. The maximum absolute atomic E-state index is 13.3. The van der Waals surface area contributed by atoms with Crippen molar-refractivity contribution in [3.05, 3.63) is 35.1 Å². The second kappa shape index (κ2) is 8.56. The Hall–Kier alpha value is -3.44. The van der Waals surface area contributed by atoms with Crippen molar-refractivity contribution in [1.29, 1.82) is 0 Å². The van der Waals surface area contributed by atoms with E-state index in [0.717, 1.165) is 26.3 Å². The van der Waals surface area contributed by atoms with Crippen molar-refractivity contribution in [2.45, 2.75) is 75.4 Å². The molecule has 2 aliphatic carbocycles. The number of phenols is 1. The van der Waals surface area contributed by atoms with Crippen molar-refractivity contribution in [3.8, 4) is 11.5 Å². The normalized spacial score (nSPS) is 30.7. The van der Waals surface area contributed by atoms with Gasteiger partial charge in [-0.15, -0.1) is 0 Å². The summed E-state index contributed by atoms with van der Waals surface area (Å²) >= 11 is 0. The monoisotopic (exact) mass is 515 g/mol. The molecule has 2 unspecified atom stereocenters. The topological polar surface area (TPSA) is 149 Å². The lowest BCUT2D eigenvalue weighted by Crippen LogP contribution is -2.74. The number of ketones is 1. The number of likely N-dealkylation sites (N-methyl/N-ethyl adjacent to an activating group) is 1. The van der Waals surface area contributed by atoms with Gasteiger partial charge in [-0.1, -0.05) is 6.07 Å². The standard InChI is InChI=1S/C26H29NO10/c1-12(28)20(34-13(2)29)22(35-14(3)30)24(32)36-17-7-8-26(33)18-11-15-5-6-16(31)21-19(15)25(26,23(17)37-21)9-10-27(18)4/h5-7,18,20,22-23,31,33H,8-11H2,1-4H3/t18-,20-,22+,23?,25?,26-/m1/s1. The number of likely N-dealkylation sites (tertiary alicyclic amines) is 1. The minimum absolute atomic E-state index is 0.0590. The van der Waals surface area contributed by atoms with Gasteiger partial charge in [0.1, 0.15) is 5.76 Å². The molecular weight excluding hydrogens is 486 g/mol. The lowest BCUT2D eigenvalue weighted by atomic mass is 9.50. The Labute approximate surface area is 212 Å². The van der Waals surface area contributed by atoms with E-state index in [1.807, 2.05) is 13.1 Å². The molecule has 6 atom stereocenters. The number of benzene rings is 1. The van der Waals surface area contributed by atoms with Gasteiger partial charge in [0.2, 0.25) is 12.2 Å². The summed E-state index contributed by atoms with van der Waals surface area (Å²) in [4.78, 5) is 50.9. The molecule has 1 fully saturated rings. The SMILES string of the molecule is CC(=O)O[C@H](C(C)=O)[C@H](OC(C)=O)C(=O)OC1=CC[C@@]2(O)[C@H]3Cc4ccc(O)c5c4C2(CCN3C)C1O5. The summed E-state index contributed by atoms with van der Waals surface area (Å²) < 4.78 is 22.0.